The largest absolute Gasteiger partial charge is 0.378 e. The molecule has 0 aliphatic heterocycles. The maximum absolute atomic E-state index is 12.2. The summed E-state index contributed by atoms with van der Waals surface area (Å²) in [6.07, 6.45) is 12.6. The smallest absolute Gasteiger partial charge is 0.261 e. The molecule has 0 bridgehead atoms. The van der Waals surface area contributed by atoms with Gasteiger partial charge < -0.3 is 10.1 Å². The zero-order valence-electron chi connectivity index (χ0n) is 13.4. The number of nitrogens with one attached hydrogen (secondary N) is 1. The van der Waals surface area contributed by atoms with Crippen molar-refractivity contribution in [2.45, 2.75) is 70.3 Å². The van der Waals surface area contributed by atoms with E-state index in [1.807, 2.05) is 0 Å². The molecule has 1 amide bonds. The quantitative estimate of drug-likeness (QED) is 0.801. The topological polar surface area (TPSA) is 38.3 Å². The Balaban J connectivity index is 1.34. The predicted molar refractivity (Wildman–Crippen MR) is 90.7 cm³/mol. The Hall–Kier alpha value is -0.870. The molecule has 3 nitrogen and oxygen atoms in total. The molecule has 1 aromatic heterocycles. The van der Waals surface area contributed by atoms with Crippen LogP contribution >= 0.6 is 11.3 Å². The second kappa shape index (κ2) is 8.11. The molecule has 0 aromatic carbocycles. The monoisotopic (exact) mass is 321 g/mol. The molecule has 122 valence electrons. The number of aryl methyl sites for hydroxylation is 2. The lowest BCUT2D eigenvalue weighted by atomic mass is 9.98. The second-order valence-corrected chi connectivity index (χ2v) is 7.64. The lowest BCUT2D eigenvalue weighted by Crippen LogP contribution is -2.25. The van der Waals surface area contributed by atoms with Crippen LogP contribution in [0.2, 0.25) is 0 Å². The van der Waals surface area contributed by atoms with Crippen LogP contribution in [-0.2, 0) is 17.6 Å². The molecule has 0 radical (unpaired) electrons. The number of carbonyl (C=O) groups excluding carboxylic acids is 1. The van der Waals surface area contributed by atoms with E-state index in [1.54, 1.807) is 11.3 Å². The van der Waals surface area contributed by atoms with Crippen LogP contribution in [-0.4, -0.2) is 25.2 Å². The van der Waals surface area contributed by atoms with Crippen molar-refractivity contribution in [1.82, 2.24) is 5.32 Å². The number of amides is 1. The molecule has 0 spiro atoms. The first kappa shape index (κ1) is 16.0. The summed E-state index contributed by atoms with van der Waals surface area (Å²) in [7, 11) is 0. The van der Waals surface area contributed by atoms with E-state index in [4.69, 9.17) is 4.74 Å². The van der Waals surface area contributed by atoms with Gasteiger partial charge in [-0.2, -0.15) is 0 Å². The molecule has 1 heterocycles. The van der Waals surface area contributed by atoms with E-state index >= 15 is 0 Å². The van der Waals surface area contributed by atoms with Gasteiger partial charge in [-0.15, -0.1) is 11.3 Å². The van der Waals surface area contributed by atoms with E-state index < -0.39 is 0 Å². The van der Waals surface area contributed by atoms with Crippen LogP contribution in [0.4, 0.5) is 0 Å². The number of fused-ring (bicyclic) bond motifs is 1. The van der Waals surface area contributed by atoms with Gasteiger partial charge in [0.25, 0.3) is 5.91 Å². The molecule has 1 saturated carbocycles. The Morgan fingerprint density at radius 3 is 2.82 bits per heavy atom. The Labute approximate surface area is 137 Å². The van der Waals surface area contributed by atoms with Crippen LogP contribution < -0.4 is 5.32 Å². The molecule has 0 unspecified atom stereocenters. The summed E-state index contributed by atoms with van der Waals surface area (Å²) < 4.78 is 5.89. The average molecular weight is 321 g/mol. The molecule has 1 N–H and O–H groups in total. The highest BCUT2D eigenvalue weighted by Crippen LogP contribution is 2.29. The van der Waals surface area contributed by atoms with Crippen LogP contribution in [0.15, 0.2) is 6.07 Å². The molecular weight excluding hydrogens is 294 g/mol. The van der Waals surface area contributed by atoms with Gasteiger partial charge in [0.2, 0.25) is 0 Å². The minimum Gasteiger partial charge on any atom is -0.378 e. The summed E-state index contributed by atoms with van der Waals surface area (Å²) in [4.78, 5) is 14.5. The number of hydrogen-bond acceptors (Lipinski definition) is 3. The zero-order chi connectivity index (χ0) is 15.2. The average Bonchev–Trinajstić information content (AvgIpc) is 2.99. The zero-order valence-corrected chi connectivity index (χ0v) is 14.2. The number of carbonyl (C=O) groups is 1. The van der Waals surface area contributed by atoms with Gasteiger partial charge in [0, 0.05) is 18.0 Å². The third kappa shape index (κ3) is 4.32. The SMILES string of the molecule is O=C(NCCCOC1CCCCC1)c1cc2c(s1)CCCC2. The Morgan fingerprint density at radius 1 is 1.18 bits per heavy atom. The van der Waals surface area contributed by atoms with E-state index in [1.165, 1.54) is 55.4 Å². The van der Waals surface area contributed by atoms with Gasteiger partial charge in [-0.3, -0.25) is 4.79 Å². The molecule has 2 aliphatic carbocycles. The minimum absolute atomic E-state index is 0.0945. The first-order valence-electron chi connectivity index (χ1n) is 8.84. The van der Waals surface area contributed by atoms with Crippen molar-refractivity contribution in [2.24, 2.45) is 0 Å². The van der Waals surface area contributed by atoms with Crippen LogP contribution in [0.25, 0.3) is 0 Å². The standard InChI is InChI=1S/C18H27NO2S/c20-18(17-13-14-7-4-5-10-16(14)22-17)19-11-6-12-21-15-8-2-1-3-9-15/h13,15H,1-12H2,(H,19,20). The van der Waals surface area contributed by atoms with Gasteiger partial charge in [0.1, 0.15) is 0 Å². The molecule has 0 saturated heterocycles. The molecule has 4 heteroatoms. The van der Waals surface area contributed by atoms with Crippen LogP contribution in [0.3, 0.4) is 0 Å². The fourth-order valence-electron chi connectivity index (χ4n) is 3.45. The van der Waals surface area contributed by atoms with E-state index in [0.29, 0.717) is 12.6 Å². The second-order valence-electron chi connectivity index (χ2n) is 6.51. The molecule has 3 rings (SSSR count). The number of thiophene rings is 1. The Kier molecular flexibility index (Phi) is 5.90. The lowest BCUT2D eigenvalue weighted by Gasteiger charge is -2.21. The number of rotatable bonds is 6. The van der Waals surface area contributed by atoms with Crippen molar-refractivity contribution in [3.63, 3.8) is 0 Å². The van der Waals surface area contributed by atoms with Gasteiger partial charge in [-0.25, -0.2) is 0 Å². The minimum atomic E-state index is 0.0945. The maximum atomic E-state index is 12.2. The van der Waals surface area contributed by atoms with Crippen LogP contribution in [0.1, 0.15) is 71.5 Å². The summed E-state index contributed by atoms with van der Waals surface area (Å²) in [5, 5.41) is 3.04. The fraction of sp³-hybridized carbons (Fsp3) is 0.722. The normalized spacial score (nSPS) is 18.9. The van der Waals surface area contributed by atoms with E-state index in [0.717, 1.165) is 30.7 Å². The van der Waals surface area contributed by atoms with E-state index in [-0.39, 0.29) is 5.91 Å². The molecule has 2 aliphatic rings. The Bertz CT molecular complexity index is 468. The van der Waals surface area contributed by atoms with E-state index in [2.05, 4.69) is 11.4 Å². The fourth-order valence-corrected chi connectivity index (χ4v) is 4.62. The number of hydrogen-bond donors (Lipinski definition) is 1. The van der Waals surface area contributed by atoms with Gasteiger partial charge in [0.15, 0.2) is 0 Å². The summed E-state index contributed by atoms with van der Waals surface area (Å²) >= 11 is 1.69. The van der Waals surface area contributed by atoms with Crippen molar-refractivity contribution in [2.75, 3.05) is 13.2 Å². The summed E-state index contributed by atoms with van der Waals surface area (Å²) in [6.45, 7) is 1.49. The van der Waals surface area contributed by atoms with Crippen molar-refractivity contribution in [1.29, 1.82) is 0 Å². The summed E-state index contributed by atoms with van der Waals surface area (Å²) in [6, 6.07) is 2.10. The Morgan fingerprint density at radius 2 is 2.00 bits per heavy atom. The van der Waals surface area contributed by atoms with Gasteiger partial charge >= 0.3 is 0 Å². The van der Waals surface area contributed by atoms with Crippen molar-refractivity contribution in [3.8, 4) is 0 Å². The predicted octanol–water partition coefficient (Wildman–Crippen LogP) is 4.10. The molecule has 1 aromatic rings. The highest BCUT2D eigenvalue weighted by Gasteiger charge is 2.17. The van der Waals surface area contributed by atoms with Crippen LogP contribution in [0.5, 0.6) is 0 Å². The third-order valence-electron chi connectivity index (χ3n) is 4.73. The first-order valence-corrected chi connectivity index (χ1v) is 9.66. The third-order valence-corrected chi connectivity index (χ3v) is 5.97. The highest BCUT2D eigenvalue weighted by atomic mass is 32.1. The van der Waals surface area contributed by atoms with E-state index in [9.17, 15) is 4.79 Å². The van der Waals surface area contributed by atoms with Crippen LogP contribution in [0, 0.1) is 0 Å². The molecule has 0 atom stereocenters. The van der Waals surface area contributed by atoms with Crippen molar-refractivity contribution < 1.29 is 9.53 Å². The van der Waals surface area contributed by atoms with Crippen molar-refractivity contribution in [3.05, 3.63) is 21.4 Å². The van der Waals surface area contributed by atoms with Crippen molar-refractivity contribution >= 4 is 17.2 Å². The highest BCUT2D eigenvalue weighted by molar-refractivity contribution is 7.14. The maximum Gasteiger partial charge on any atom is 0.261 e. The first-order chi connectivity index (χ1) is 10.8. The van der Waals surface area contributed by atoms with Gasteiger partial charge in [-0.05, 0) is 56.6 Å². The lowest BCUT2D eigenvalue weighted by molar-refractivity contribution is 0.0273. The number of ether oxygens (including phenoxy) is 1. The molecule has 1 fully saturated rings. The molecule has 22 heavy (non-hydrogen) atoms. The van der Waals surface area contributed by atoms with Gasteiger partial charge in [0.05, 0.1) is 11.0 Å². The van der Waals surface area contributed by atoms with Gasteiger partial charge in [-0.1, -0.05) is 19.3 Å². The molecular formula is C18H27NO2S. The summed E-state index contributed by atoms with van der Waals surface area (Å²) in [5.41, 5.74) is 1.40. The summed E-state index contributed by atoms with van der Waals surface area (Å²) in [5.74, 6) is 0.0945.